The molecular formula is C27H27N7O2. The maximum Gasteiger partial charge on any atom is 0.251 e. The van der Waals surface area contributed by atoms with Gasteiger partial charge >= 0.3 is 0 Å². The Labute approximate surface area is 209 Å². The lowest BCUT2D eigenvalue weighted by Crippen LogP contribution is -2.56. The molecule has 0 radical (unpaired) electrons. The summed E-state index contributed by atoms with van der Waals surface area (Å²) in [6, 6.07) is 27.8. The third kappa shape index (κ3) is 5.25. The molecule has 0 bridgehead atoms. The lowest BCUT2D eigenvalue weighted by molar-refractivity contribution is -0.133. The lowest BCUT2D eigenvalue weighted by Gasteiger charge is -2.36. The predicted octanol–water partition coefficient (Wildman–Crippen LogP) is 2.35. The highest BCUT2D eigenvalue weighted by molar-refractivity contribution is 5.97. The van der Waals surface area contributed by atoms with Crippen molar-refractivity contribution in [3.8, 4) is 5.69 Å². The van der Waals surface area contributed by atoms with E-state index in [4.69, 9.17) is 0 Å². The van der Waals surface area contributed by atoms with Crippen LogP contribution in [0.3, 0.4) is 0 Å². The van der Waals surface area contributed by atoms with Crippen LogP contribution < -0.4 is 10.2 Å². The molecule has 2 amide bonds. The number of rotatable bonds is 7. The molecule has 36 heavy (non-hydrogen) atoms. The molecule has 1 N–H and O–H groups in total. The van der Waals surface area contributed by atoms with E-state index in [0.717, 1.165) is 11.3 Å². The number of benzene rings is 3. The van der Waals surface area contributed by atoms with E-state index in [0.29, 0.717) is 44.1 Å². The average Bonchev–Trinajstić information content (AvgIpc) is 3.44. The van der Waals surface area contributed by atoms with Gasteiger partial charge in [0.1, 0.15) is 6.04 Å². The second kappa shape index (κ2) is 10.8. The molecular weight excluding hydrogens is 454 g/mol. The van der Waals surface area contributed by atoms with Crippen LogP contribution in [0.25, 0.3) is 5.69 Å². The molecule has 9 heteroatoms. The number of hydrogen-bond acceptors (Lipinski definition) is 6. The van der Waals surface area contributed by atoms with Gasteiger partial charge in [0.15, 0.2) is 0 Å². The van der Waals surface area contributed by atoms with Gasteiger partial charge in [-0.3, -0.25) is 9.59 Å². The quantitative estimate of drug-likeness (QED) is 0.435. The van der Waals surface area contributed by atoms with Crippen LogP contribution >= 0.6 is 0 Å². The van der Waals surface area contributed by atoms with Crippen molar-refractivity contribution < 1.29 is 9.59 Å². The van der Waals surface area contributed by atoms with Crippen LogP contribution in [-0.2, 0) is 11.2 Å². The summed E-state index contributed by atoms with van der Waals surface area (Å²) < 4.78 is 1.70. The number of tetrazole rings is 1. The van der Waals surface area contributed by atoms with Crippen molar-refractivity contribution in [1.29, 1.82) is 0 Å². The van der Waals surface area contributed by atoms with Crippen molar-refractivity contribution in [2.24, 2.45) is 0 Å². The van der Waals surface area contributed by atoms with E-state index in [-0.39, 0.29) is 11.8 Å². The molecule has 2 heterocycles. The maximum absolute atomic E-state index is 13.6. The minimum atomic E-state index is -0.665. The molecule has 0 aliphatic carbocycles. The number of nitrogens with zero attached hydrogens (tertiary/aromatic N) is 6. The molecule has 1 aliphatic rings. The van der Waals surface area contributed by atoms with Gasteiger partial charge in [0, 0.05) is 38.2 Å². The fourth-order valence-corrected chi connectivity index (χ4v) is 4.34. The van der Waals surface area contributed by atoms with Crippen LogP contribution in [0.4, 0.5) is 5.95 Å². The van der Waals surface area contributed by atoms with E-state index in [1.807, 2.05) is 83.8 Å². The predicted molar refractivity (Wildman–Crippen MR) is 136 cm³/mol. The Morgan fingerprint density at radius 2 is 1.42 bits per heavy atom. The molecule has 4 aromatic rings. The molecule has 1 unspecified atom stereocenters. The zero-order valence-corrected chi connectivity index (χ0v) is 19.8. The van der Waals surface area contributed by atoms with E-state index < -0.39 is 6.04 Å². The van der Waals surface area contributed by atoms with Crippen LogP contribution in [0.1, 0.15) is 15.9 Å². The van der Waals surface area contributed by atoms with Gasteiger partial charge in [-0.2, -0.15) is 4.68 Å². The molecule has 1 saturated heterocycles. The summed E-state index contributed by atoms with van der Waals surface area (Å²) in [4.78, 5) is 30.4. The summed E-state index contributed by atoms with van der Waals surface area (Å²) in [5, 5.41) is 15.2. The summed E-state index contributed by atoms with van der Waals surface area (Å²) in [5.41, 5.74) is 2.40. The van der Waals surface area contributed by atoms with Gasteiger partial charge in [-0.25, -0.2) is 0 Å². The van der Waals surface area contributed by atoms with Gasteiger partial charge in [-0.15, -0.1) is 0 Å². The summed E-state index contributed by atoms with van der Waals surface area (Å²) >= 11 is 0. The first-order chi connectivity index (χ1) is 17.7. The fourth-order valence-electron chi connectivity index (χ4n) is 4.34. The molecule has 182 valence electrons. The molecule has 0 saturated carbocycles. The number of carbonyl (C=O) groups excluding carboxylic acids is 2. The van der Waals surface area contributed by atoms with Gasteiger partial charge in [0.05, 0.1) is 5.69 Å². The van der Waals surface area contributed by atoms with Gasteiger partial charge in [-0.1, -0.05) is 71.8 Å². The standard InChI is InChI=1S/C27H27N7O2/c35-25(22-12-6-2-7-13-22)28-24(20-21-10-4-1-5-11-21)26(36)32-16-18-33(19-17-32)27-29-30-31-34(27)23-14-8-3-9-15-23/h1-15,24H,16-20H2,(H,28,35). The van der Waals surface area contributed by atoms with Gasteiger partial charge < -0.3 is 15.1 Å². The number of amides is 2. The van der Waals surface area contributed by atoms with E-state index in [2.05, 4.69) is 25.7 Å². The van der Waals surface area contributed by atoms with Crippen molar-refractivity contribution >= 4 is 17.8 Å². The van der Waals surface area contributed by atoms with E-state index in [1.165, 1.54) is 0 Å². The molecule has 3 aromatic carbocycles. The van der Waals surface area contributed by atoms with Gasteiger partial charge in [0.25, 0.3) is 5.91 Å². The first kappa shape index (κ1) is 23.2. The number of para-hydroxylation sites is 1. The highest BCUT2D eigenvalue weighted by Crippen LogP contribution is 2.18. The first-order valence-electron chi connectivity index (χ1n) is 12.0. The Hall–Kier alpha value is -4.53. The summed E-state index contributed by atoms with van der Waals surface area (Å²) in [6.45, 7) is 2.19. The Morgan fingerprint density at radius 3 is 2.08 bits per heavy atom. The molecule has 1 aromatic heterocycles. The Bertz CT molecular complexity index is 1290. The van der Waals surface area contributed by atoms with Crippen molar-refractivity contribution in [3.63, 3.8) is 0 Å². The third-order valence-corrected chi connectivity index (χ3v) is 6.25. The Morgan fingerprint density at radius 1 is 0.806 bits per heavy atom. The van der Waals surface area contributed by atoms with Crippen molar-refractivity contribution in [2.75, 3.05) is 31.1 Å². The smallest absolute Gasteiger partial charge is 0.251 e. The molecule has 0 spiro atoms. The summed E-state index contributed by atoms with van der Waals surface area (Å²) in [5.74, 6) is 0.294. The second-order valence-corrected chi connectivity index (χ2v) is 8.62. The number of carbonyl (C=O) groups is 2. The topological polar surface area (TPSA) is 96.2 Å². The number of anilines is 1. The molecule has 9 nitrogen and oxygen atoms in total. The monoisotopic (exact) mass is 481 g/mol. The van der Waals surface area contributed by atoms with Crippen molar-refractivity contribution in [1.82, 2.24) is 30.4 Å². The zero-order chi connectivity index (χ0) is 24.7. The largest absolute Gasteiger partial charge is 0.340 e. The number of piperazine rings is 1. The maximum atomic E-state index is 13.6. The zero-order valence-electron chi connectivity index (χ0n) is 19.8. The minimum absolute atomic E-state index is 0.0922. The van der Waals surface area contributed by atoms with Crippen molar-refractivity contribution in [2.45, 2.75) is 12.5 Å². The molecule has 1 fully saturated rings. The van der Waals surface area contributed by atoms with Crippen molar-refractivity contribution in [3.05, 3.63) is 102 Å². The summed E-state index contributed by atoms with van der Waals surface area (Å²) in [7, 11) is 0. The van der Waals surface area contributed by atoms with Crippen LogP contribution in [0.2, 0.25) is 0 Å². The van der Waals surface area contributed by atoms with Crippen LogP contribution in [0.5, 0.6) is 0 Å². The number of hydrogen-bond donors (Lipinski definition) is 1. The average molecular weight is 482 g/mol. The Balaban J connectivity index is 1.28. The first-order valence-corrected chi connectivity index (χ1v) is 12.0. The van der Waals surface area contributed by atoms with Crippen LogP contribution in [0.15, 0.2) is 91.0 Å². The van der Waals surface area contributed by atoms with Crippen LogP contribution in [-0.4, -0.2) is 69.1 Å². The van der Waals surface area contributed by atoms with E-state index in [1.54, 1.807) is 16.8 Å². The van der Waals surface area contributed by atoms with Gasteiger partial charge in [-0.05, 0) is 40.3 Å². The molecule has 5 rings (SSSR count). The molecule has 1 aliphatic heterocycles. The minimum Gasteiger partial charge on any atom is -0.340 e. The van der Waals surface area contributed by atoms with E-state index in [9.17, 15) is 9.59 Å². The van der Waals surface area contributed by atoms with Crippen LogP contribution in [0, 0.1) is 0 Å². The number of aromatic nitrogens is 4. The highest BCUT2D eigenvalue weighted by Gasteiger charge is 2.30. The molecule has 1 atom stereocenters. The second-order valence-electron chi connectivity index (χ2n) is 8.62. The lowest BCUT2D eigenvalue weighted by atomic mass is 10.0. The van der Waals surface area contributed by atoms with Gasteiger partial charge in [0.2, 0.25) is 11.9 Å². The highest BCUT2D eigenvalue weighted by atomic mass is 16.2. The fraction of sp³-hybridized carbons (Fsp3) is 0.222. The van der Waals surface area contributed by atoms with E-state index >= 15 is 0 Å². The summed E-state index contributed by atoms with van der Waals surface area (Å²) in [6.07, 6.45) is 0.421. The normalized spacial score (nSPS) is 14.3. The SMILES string of the molecule is O=C(NC(Cc1ccccc1)C(=O)N1CCN(c2nnnn2-c2ccccc2)CC1)c1ccccc1. The number of nitrogens with one attached hydrogen (secondary N) is 1. The Kier molecular flexibility index (Phi) is 6.98. The third-order valence-electron chi connectivity index (χ3n) is 6.25.